The summed E-state index contributed by atoms with van der Waals surface area (Å²) < 4.78 is 279. The van der Waals surface area contributed by atoms with Crippen LogP contribution in [0.3, 0.4) is 0 Å². The summed E-state index contributed by atoms with van der Waals surface area (Å²) in [5, 5.41) is -8.08. The van der Waals surface area contributed by atoms with Crippen molar-refractivity contribution in [1.82, 2.24) is 0 Å². The quantitative estimate of drug-likeness (QED) is 0.134. The van der Waals surface area contributed by atoms with Crippen LogP contribution in [0.2, 0.25) is 0 Å². The molecule has 1 aromatic heterocycles. The van der Waals surface area contributed by atoms with Crippen LogP contribution in [-0.2, 0) is 0 Å². The third kappa shape index (κ3) is 4.16. The molecule has 0 aliphatic carbocycles. The van der Waals surface area contributed by atoms with Gasteiger partial charge in [-0.1, -0.05) is 163 Å². The summed E-state index contributed by atoms with van der Waals surface area (Å²) in [7, 11) is 0. The molecule has 1 heteroatoms. The zero-order chi connectivity index (χ0) is 59.6. The van der Waals surface area contributed by atoms with Crippen molar-refractivity contribution in [1.29, 1.82) is 0 Å². The van der Waals surface area contributed by atoms with Crippen LogP contribution in [0.4, 0.5) is 0 Å². The highest BCUT2D eigenvalue weighted by Crippen LogP contribution is 2.49. The molecule has 0 aliphatic rings. The molecule has 11 aromatic rings. The Balaban J connectivity index is 1.47. The van der Waals surface area contributed by atoms with Crippen molar-refractivity contribution in [2.45, 2.75) is 0 Å². The lowest BCUT2D eigenvalue weighted by atomic mass is 9.83. The fourth-order valence-corrected chi connectivity index (χ4v) is 6.54. The van der Waals surface area contributed by atoms with E-state index in [4.69, 9.17) is 22.2 Å². The highest BCUT2D eigenvalue weighted by molar-refractivity contribution is 6.30. The third-order valence-electron chi connectivity index (χ3n) is 8.64. The number of rotatable bonds is 3. The Morgan fingerprint density at radius 2 is 0.882 bits per heavy atom. The first kappa shape index (κ1) is 11.7. The molecule has 0 N–H and O–H groups in total. The minimum atomic E-state index is -1.05. The Morgan fingerprint density at radius 1 is 0.314 bits per heavy atom. The molecule has 0 saturated carbocycles. The van der Waals surface area contributed by atoms with Crippen LogP contribution in [-0.4, -0.2) is 0 Å². The second-order valence-electron chi connectivity index (χ2n) is 11.3. The Morgan fingerprint density at radius 3 is 1.65 bits per heavy atom. The minimum Gasteiger partial charge on any atom is -0.456 e. The number of hydrogen-bond acceptors (Lipinski definition) is 1. The van der Waals surface area contributed by atoms with E-state index in [9.17, 15) is 23.3 Å². The maximum atomic E-state index is 9.75. The van der Waals surface area contributed by atoms with Crippen LogP contribution in [0, 0.1) is 0 Å². The van der Waals surface area contributed by atoms with E-state index < -0.39 is 290 Å². The molecule has 51 heavy (non-hydrogen) atoms. The molecule has 236 valence electrons. The molecule has 0 unspecified atom stereocenters. The lowest BCUT2D eigenvalue weighted by molar-refractivity contribution is 0.669. The molecule has 0 amide bonds. The molecule has 1 nitrogen and oxygen atoms in total. The van der Waals surface area contributed by atoms with Gasteiger partial charge in [0, 0.05) is 10.8 Å². The van der Waals surface area contributed by atoms with Gasteiger partial charge in [0.05, 0.1) is 41.1 Å². The predicted octanol–water partition coefficient (Wildman–Crippen LogP) is 14.4. The van der Waals surface area contributed by atoms with Gasteiger partial charge in [0.25, 0.3) is 0 Å². The average Bonchev–Trinajstić information content (AvgIpc) is 2.22. The first-order chi connectivity index (χ1) is 37.8. The van der Waals surface area contributed by atoms with E-state index in [1.807, 2.05) is 0 Å². The second kappa shape index (κ2) is 10.9. The van der Waals surface area contributed by atoms with Crippen LogP contribution in [0.15, 0.2) is 186 Å². The van der Waals surface area contributed by atoms with E-state index in [-0.39, 0.29) is 0 Å². The molecule has 0 atom stereocenters. The van der Waals surface area contributed by atoms with Crippen molar-refractivity contribution in [3.8, 4) is 33.4 Å². The molecule has 0 spiro atoms. The zero-order valence-electron chi connectivity index (χ0n) is 55.4. The van der Waals surface area contributed by atoms with Crippen LogP contribution in [0.1, 0.15) is 41.1 Å². The van der Waals surface area contributed by atoms with Crippen LogP contribution < -0.4 is 0 Å². The van der Waals surface area contributed by atoms with Crippen molar-refractivity contribution in [3.63, 3.8) is 0 Å². The summed E-state index contributed by atoms with van der Waals surface area (Å²) in [6.45, 7) is 0. The van der Waals surface area contributed by atoms with Crippen LogP contribution in [0.25, 0.3) is 109 Å². The number of benzene rings is 10. The zero-order valence-corrected chi connectivity index (χ0v) is 25.4. The Kier molecular flexibility index (Phi) is 2.50. The minimum absolute atomic E-state index is 0.563. The molecular weight excluding hydrogens is 617 g/mol. The molecule has 10 aromatic carbocycles. The fourth-order valence-electron chi connectivity index (χ4n) is 6.54. The molecule has 0 fully saturated rings. The average molecular weight is 677 g/mol. The molecule has 0 aliphatic heterocycles. The third-order valence-corrected chi connectivity index (χ3v) is 8.64. The maximum absolute atomic E-state index is 9.75. The summed E-state index contributed by atoms with van der Waals surface area (Å²) >= 11 is 0. The van der Waals surface area contributed by atoms with Gasteiger partial charge in [0.1, 0.15) is 11.2 Å². The van der Waals surface area contributed by atoms with Gasteiger partial charge in [-0.3, -0.25) is 0 Å². The topological polar surface area (TPSA) is 13.1 Å². The van der Waals surface area contributed by atoms with Gasteiger partial charge >= 0.3 is 0 Å². The Hall–Kier alpha value is -6.70. The lowest BCUT2D eigenvalue weighted by Gasteiger charge is -2.19. The van der Waals surface area contributed by atoms with Crippen molar-refractivity contribution >= 4 is 75.8 Å². The van der Waals surface area contributed by atoms with Crippen molar-refractivity contribution in [2.75, 3.05) is 0 Å². The summed E-state index contributed by atoms with van der Waals surface area (Å²) in [6.07, 6.45) is 0. The fraction of sp³-hybridized carbons (Fsp3) is 0. The summed E-state index contributed by atoms with van der Waals surface area (Å²) in [5.74, 6) is 0. The predicted molar refractivity (Wildman–Crippen MR) is 218 cm³/mol. The number of fused-ring (bicyclic) bond motifs is 10. The highest BCUT2D eigenvalue weighted by Gasteiger charge is 2.22. The van der Waals surface area contributed by atoms with E-state index in [1.54, 1.807) is 0 Å². The van der Waals surface area contributed by atoms with E-state index >= 15 is 0 Å². The number of furan rings is 1. The van der Waals surface area contributed by atoms with Gasteiger partial charge in [-0.05, 0) is 105 Å². The van der Waals surface area contributed by atoms with Gasteiger partial charge < -0.3 is 4.42 Å². The Labute approximate surface area is 336 Å². The number of hydrogen-bond donors (Lipinski definition) is 0. The standard InChI is InChI=1S/C50H30O/c1-2-12-31(13-3-1)33-25-27-36-34(30-33)26-29-46-49(36)50-44(22-11-23-45(50)51-46)48-42-18-8-6-16-40(42)47(41-17-7-9-19-43(41)48)39-21-10-20-37-35-15-5-4-14-32(35)24-28-38(37)39/h1-30H/i1D,2D,3D,4D,5D,6D,7D,8D,9D,10D,11D,12D,13D,14D,15D,16D,17D,18D,19D,20D,21D,22D,23D,24D,25D,26D,27D,28D,29D,30D. The van der Waals surface area contributed by atoms with E-state index in [2.05, 4.69) is 0 Å². The van der Waals surface area contributed by atoms with Gasteiger partial charge in [-0.2, -0.15) is 0 Å². The van der Waals surface area contributed by atoms with Gasteiger partial charge in [-0.15, -0.1) is 0 Å². The van der Waals surface area contributed by atoms with E-state index in [0.29, 0.717) is 0 Å². The molecule has 1 heterocycles. The smallest absolute Gasteiger partial charge is 0.136 e. The Bertz CT molecular complexity index is 4820. The normalized spacial score (nSPS) is 20.2. The van der Waals surface area contributed by atoms with Crippen molar-refractivity contribution in [3.05, 3.63) is 181 Å². The highest BCUT2D eigenvalue weighted by atomic mass is 16.3. The van der Waals surface area contributed by atoms with E-state index in [0.717, 1.165) is 0 Å². The summed E-state index contributed by atoms with van der Waals surface area (Å²) in [4.78, 5) is 0. The second-order valence-corrected chi connectivity index (χ2v) is 11.3. The first-order valence-corrected chi connectivity index (χ1v) is 15.2. The van der Waals surface area contributed by atoms with Gasteiger partial charge in [-0.25, -0.2) is 0 Å². The van der Waals surface area contributed by atoms with Crippen molar-refractivity contribution < 1.29 is 45.5 Å². The molecular formula is C50H30O. The lowest BCUT2D eigenvalue weighted by Crippen LogP contribution is -1.92. The summed E-state index contributed by atoms with van der Waals surface area (Å²) in [5.41, 5.74) is -5.94. The van der Waals surface area contributed by atoms with Crippen LogP contribution in [0.5, 0.6) is 0 Å². The molecule has 11 rings (SSSR count). The maximum Gasteiger partial charge on any atom is 0.136 e. The SMILES string of the molecule is [2H]c1c([2H])c([2H])c(-c2c([2H])c([2H])c3c(c2[2H])c([2H])c([2H])c2oc4c([2H])c([2H])c([2H])c(-c5c6c([2H])c([2H])c([2H])c([2H])c6c(-c6c([2H])c([2H])c([2H])c7c6c([2H])c([2H])c6c([2H])c([2H])c([2H])c([2H])c67)c6c([2H])c([2H])c([2H])c([2H])c56)c4c23)c([2H])c1[2H]. The molecule has 0 radical (unpaired) electrons. The van der Waals surface area contributed by atoms with E-state index in [1.165, 1.54) is 0 Å². The monoisotopic (exact) mass is 676 g/mol. The molecule has 0 saturated heterocycles. The largest absolute Gasteiger partial charge is 0.456 e. The van der Waals surface area contributed by atoms with Gasteiger partial charge in [0.2, 0.25) is 0 Å². The van der Waals surface area contributed by atoms with Gasteiger partial charge in [0.15, 0.2) is 0 Å². The molecule has 0 bridgehead atoms. The van der Waals surface area contributed by atoms with Crippen molar-refractivity contribution in [2.24, 2.45) is 0 Å². The van der Waals surface area contributed by atoms with Crippen LogP contribution >= 0.6 is 0 Å². The first-order valence-electron chi connectivity index (χ1n) is 30.2. The summed E-state index contributed by atoms with van der Waals surface area (Å²) in [6, 6.07) is -28.5.